The number of rotatable bonds is 5. The molecule has 138 valence electrons. The summed E-state index contributed by atoms with van der Waals surface area (Å²) in [7, 11) is 1.59. The maximum atomic E-state index is 12.6. The van der Waals surface area contributed by atoms with Crippen molar-refractivity contribution < 1.29 is 14.6 Å². The van der Waals surface area contributed by atoms with E-state index in [2.05, 4.69) is 15.1 Å². The van der Waals surface area contributed by atoms with Gasteiger partial charge in [0.25, 0.3) is 0 Å². The minimum atomic E-state index is -0.220. The van der Waals surface area contributed by atoms with Crippen molar-refractivity contribution in [3.8, 4) is 11.5 Å². The van der Waals surface area contributed by atoms with Crippen LogP contribution in [-0.4, -0.2) is 55.2 Å². The SMILES string of the molecule is COc1ccccc1NC(=O)C(C)N1CCN(c2ccc(O)cc2)CC1. The minimum Gasteiger partial charge on any atom is -0.508 e. The largest absolute Gasteiger partial charge is 0.508 e. The number of hydrogen-bond donors (Lipinski definition) is 2. The summed E-state index contributed by atoms with van der Waals surface area (Å²) in [5.74, 6) is 0.895. The Kier molecular flexibility index (Phi) is 5.63. The molecule has 0 spiro atoms. The van der Waals surface area contributed by atoms with E-state index in [1.807, 2.05) is 43.3 Å². The second-order valence-corrected chi connectivity index (χ2v) is 6.40. The average molecular weight is 355 g/mol. The van der Waals surface area contributed by atoms with E-state index in [4.69, 9.17) is 4.74 Å². The fraction of sp³-hybridized carbons (Fsp3) is 0.350. The maximum Gasteiger partial charge on any atom is 0.241 e. The number of ether oxygens (including phenoxy) is 1. The lowest BCUT2D eigenvalue weighted by Gasteiger charge is -2.38. The van der Waals surface area contributed by atoms with E-state index < -0.39 is 0 Å². The molecule has 2 aromatic carbocycles. The zero-order chi connectivity index (χ0) is 18.5. The Bertz CT molecular complexity index is 740. The standard InChI is InChI=1S/C20H25N3O3/c1-15(20(25)21-18-5-3-4-6-19(18)26-2)22-11-13-23(14-12-22)16-7-9-17(24)10-8-16/h3-10,15,24H,11-14H2,1-2H3,(H,21,25). The van der Waals surface area contributed by atoms with Gasteiger partial charge in [-0.1, -0.05) is 12.1 Å². The van der Waals surface area contributed by atoms with Gasteiger partial charge in [0.15, 0.2) is 0 Å². The predicted molar refractivity (Wildman–Crippen MR) is 103 cm³/mol. The number of phenolic OH excluding ortho intramolecular Hbond substituents is 1. The Morgan fingerprint density at radius 2 is 1.73 bits per heavy atom. The van der Waals surface area contributed by atoms with Crippen LogP contribution in [0, 0.1) is 0 Å². The second kappa shape index (κ2) is 8.10. The summed E-state index contributed by atoms with van der Waals surface area (Å²) in [6, 6.07) is 14.4. The van der Waals surface area contributed by atoms with Crippen molar-refractivity contribution in [3.63, 3.8) is 0 Å². The van der Waals surface area contributed by atoms with Crippen molar-refractivity contribution in [2.24, 2.45) is 0 Å². The Morgan fingerprint density at radius 1 is 1.08 bits per heavy atom. The van der Waals surface area contributed by atoms with Crippen molar-refractivity contribution in [1.82, 2.24) is 4.90 Å². The molecule has 1 unspecified atom stereocenters. The van der Waals surface area contributed by atoms with Crippen LogP contribution < -0.4 is 15.0 Å². The lowest BCUT2D eigenvalue weighted by molar-refractivity contribution is -0.120. The Labute approximate surface area is 154 Å². The van der Waals surface area contributed by atoms with Gasteiger partial charge in [0.05, 0.1) is 18.8 Å². The molecule has 26 heavy (non-hydrogen) atoms. The highest BCUT2D eigenvalue weighted by molar-refractivity contribution is 5.95. The molecule has 6 heteroatoms. The van der Waals surface area contributed by atoms with Crippen LogP contribution in [0.25, 0.3) is 0 Å². The van der Waals surface area contributed by atoms with Crippen molar-refractivity contribution in [1.29, 1.82) is 0 Å². The van der Waals surface area contributed by atoms with E-state index >= 15 is 0 Å². The highest BCUT2D eigenvalue weighted by atomic mass is 16.5. The molecule has 2 aromatic rings. The molecule has 1 atom stereocenters. The van der Waals surface area contributed by atoms with Gasteiger partial charge in [-0.25, -0.2) is 0 Å². The van der Waals surface area contributed by atoms with E-state index in [-0.39, 0.29) is 17.7 Å². The Hall–Kier alpha value is -2.73. The smallest absolute Gasteiger partial charge is 0.241 e. The van der Waals surface area contributed by atoms with Crippen LogP contribution in [0.3, 0.4) is 0 Å². The minimum absolute atomic E-state index is 0.0346. The first kappa shape index (κ1) is 18.1. The van der Waals surface area contributed by atoms with Gasteiger partial charge in [-0.05, 0) is 43.3 Å². The van der Waals surface area contributed by atoms with Crippen LogP contribution in [0.15, 0.2) is 48.5 Å². The maximum absolute atomic E-state index is 12.6. The fourth-order valence-corrected chi connectivity index (χ4v) is 3.18. The quantitative estimate of drug-likeness (QED) is 0.863. The third kappa shape index (κ3) is 4.08. The lowest BCUT2D eigenvalue weighted by atomic mass is 10.2. The molecular weight excluding hydrogens is 330 g/mol. The highest BCUT2D eigenvalue weighted by Crippen LogP contribution is 2.24. The number of methoxy groups -OCH3 is 1. The summed E-state index contributed by atoms with van der Waals surface area (Å²) >= 11 is 0. The number of nitrogens with zero attached hydrogens (tertiary/aromatic N) is 2. The zero-order valence-electron chi connectivity index (χ0n) is 15.2. The summed E-state index contributed by atoms with van der Waals surface area (Å²) in [5.41, 5.74) is 1.78. The molecule has 1 heterocycles. The number of hydrogen-bond acceptors (Lipinski definition) is 5. The molecule has 1 aliphatic heterocycles. The van der Waals surface area contributed by atoms with Gasteiger partial charge in [0.1, 0.15) is 11.5 Å². The zero-order valence-corrected chi connectivity index (χ0v) is 15.2. The number of aromatic hydroxyl groups is 1. The number of piperazine rings is 1. The van der Waals surface area contributed by atoms with Gasteiger partial charge in [-0.2, -0.15) is 0 Å². The van der Waals surface area contributed by atoms with Gasteiger partial charge in [0, 0.05) is 31.9 Å². The van der Waals surface area contributed by atoms with Crippen LogP contribution in [0.5, 0.6) is 11.5 Å². The lowest BCUT2D eigenvalue weighted by Crippen LogP contribution is -2.52. The number of para-hydroxylation sites is 2. The molecule has 0 radical (unpaired) electrons. The third-order valence-electron chi connectivity index (χ3n) is 4.82. The van der Waals surface area contributed by atoms with Crippen LogP contribution in [0.4, 0.5) is 11.4 Å². The number of carbonyl (C=O) groups excluding carboxylic acids is 1. The summed E-state index contributed by atoms with van der Waals surface area (Å²) in [4.78, 5) is 17.1. The fourth-order valence-electron chi connectivity index (χ4n) is 3.18. The molecule has 1 fully saturated rings. The van der Waals surface area contributed by atoms with Crippen LogP contribution >= 0.6 is 0 Å². The van der Waals surface area contributed by atoms with E-state index in [0.29, 0.717) is 11.4 Å². The summed E-state index contributed by atoms with van der Waals surface area (Å²) in [6.07, 6.45) is 0. The van der Waals surface area contributed by atoms with Gasteiger partial charge in [-0.3, -0.25) is 9.69 Å². The number of benzene rings is 2. The summed E-state index contributed by atoms with van der Waals surface area (Å²) in [6.45, 7) is 5.23. The summed E-state index contributed by atoms with van der Waals surface area (Å²) < 4.78 is 5.29. The molecule has 2 N–H and O–H groups in total. The number of nitrogens with one attached hydrogen (secondary N) is 1. The van der Waals surface area contributed by atoms with Crippen molar-refractivity contribution in [2.45, 2.75) is 13.0 Å². The van der Waals surface area contributed by atoms with Crippen molar-refractivity contribution >= 4 is 17.3 Å². The first-order chi connectivity index (χ1) is 12.6. The van der Waals surface area contributed by atoms with E-state index in [9.17, 15) is 9.90 Å². The van der Waals surface area contributed by atoms with Crippen molar-refractivity contribution in [3.05, 3.63) is 48.5 Å². The second-order valence-electron chi connectivity index (χ2n) is 6.40. The molecular formula is C20H25N3O3. The van der Waals surface area contributed by atoms with Crippen LogP contribution in [0.2, 0.25) is 0 Å². The Morgan fingerprint density at radius 3 is 2.38 bits per heavy atom. The average Bonchev–Trinajstić information content (AvgIpc) is 2.68. The number of amides is 1. The van der Waals surface area contributed by atoms with E-state index in [1.54, 1.807) is 19.2 Å². The molecule has 3 rings (SSSR count). The van der Waals surface area contributed by atoms with Crippen LogP contribution in [0.1, 0.15) is 6.92 Å². The van der Waals surface area contributed by atoms with Crippen LogP contribution in [-0.2, 0) is 4.79 Å². The molecule has 1 aliphatic rings. The van der Waals surface area contributed by atoms with Gasteiger partial charge >= 0.3 is 0 Å². The van der Waals surface area contributed by atoms with Gasteiger partial charge < -0.3 is 20.1 Å². The molecule has 0 aromatic heterocycles. The molecule has 0 saturated carbocycles. The third-order valence-corrected chi connectivity index (χ3v) is 4.82. The Balaban J connectivity index is 1.56. The number of carbonyl (C=O) groups is 1. The van der Waals surface area contributed by atoms with Gasteiger partial charge in [0.2, 0.25) is 5.91 Å². The normalized spacial score (nSPS) is 16.2. The first-order valence-electron chi connectivity index (χ1n) is 8.80. The number of anilines is 2. The predicted octanol–water partition coefficient (Wildman–Crippen LogP) is 2.55. The van der Waals surface area contributed by atoms with E-state index in [1.165, 1.54) is 0 Å². The first-order valence-corrected chi connectivity index (χ1v) is 8.80. The molecule has 1 amide bonds. The summed E-state index contributed by atoms with van der Waals surface area (Å²) in [5, 5.41) is 12.4. The number of phenols is 1. The highest BCUT2D eigenvalue weighted by Gasteiger charge is 2.26. The molecule has 0 aliphatic carbocycles. The monoisotopic (exact) mass is 355 g/mol. The van der Waals surface area contributed by atoms with Gasteiger partial charge in [-0.15, -0.1) is 0 Å². The molecule has 0 bridgehead atoms. The topological polar surface area (TPSA) is 65.0 Å². The van der Waals surface area contributed by atoms with Crippen molar-refractivity contribution in [2.75, 3.05) is 43.5 Å². The molecule has 1 saturated heterocycles. The molecule has 6 nitrogen and oxygen atoms in total. The van der Waals surface area contributed by atoms with E-state index in [0.717, 1.165) is 31.9 Å².